The molecule has 3 aromatic rings. The van der Waals surface area contributed by atoms with Crippen LogP contribution in [0.4, 0.5) is 29.5 Å². The number of aromatic nitrogens is 1. The van der Waals surface area contributed by atoms with Crippen LogP contribution in [0.25, 0.3) is 0 Å². The van der Waals surface area contributed by atoms with Gasteiger partial charge in [-0.2, -0.15) is 13.2 Å². The van der Waals surface area contributed by atoms with Crippen LogP contribution in [0, 0.1) is 0 Å². The molecule has 0 aliphatic carbocycles. The maximum atomic E-state index is 12.6. The fourth-order valence-corrected chi connectivity index (χ4v) is 4.15. The highest BCUT2D eigenvalue weighted by Gasteiger charge is 2.29. The Morgan fingerprint density at radius 1 is 1.06 bits per heavy atom. The van der Waals surface area contributed by atoms with Gasteiger partial charge < -0.3 is 15.1 Å². The molecule has 10 heteroatoms. The molecule has 182 valence electrons. The third kappa shape index (κ3) is 7.16. The largest absolute Gasteiger partial charge is 0.446 e. The molecular weight excluding hydrogens is 475 g/mol. The van der Waals surface area contributed by atoms with E-state index in [0.29, 0.717) is 25.6 Å². The van der Waals surface area contributed by atoms with E-state index in [0.717, 1.165) is 22.5 Å². The first-order valence-electron chi connectivity index (χ1n) is 10.8. The van der Waals surface area contributed by atoms with E-state index >= 15 is 0 Å². The van der Waals surface area contributed by atoms with Crippen molar-refractivity contribution in [3.8, 4) is 0 Å². The van der Waals surface area contributed by atoms with Crippen LogP contribution in [0.1, 0.15) is 18.1 Å². The van der Waals surface area contributed by atoms with Crippen molar-refractivity contribution in [2.45, 2.75) is 30.4 Å². The predicted octanol–water partition coefficient (Wildman–Crippen LogP) is 6.16. The zero-order chi connectivity index (χ0) is 24.8. The Hall–Kier alpha value is -3.66. The number of anilines is 2. The van der Waals surface area contributed by atoms with Crippen molar-refractivity contribution in [1.29, 1.82) is 0 Å². The summed E-state index contributed by atoms with van der Waals surface area (Å²) >= 11 is -0.123. The molecule has 2 aromatic carbocycles. The van der Waals surface area contributed by atoms with E-state index in [1.807, 2.05) is 60.5 Å². The number of thioether (sulfide) groups is 1. The molecule has 2 amide bonds. The molecule has 0 bridgehead atoms. The van der Waals surface area contributed by atoms with E-state index in [1.165, 1.54) is 12.1 Å². The molecule has 6 nitrogen and oxygen atoms in total. The second-order valence-corrected chi connectivity index (χ2v) is 9.10. The normalized spacial score (nSPS) is 13.5. The fourth-order valence-electron chi connectivity index (χ4n) is 3.61. The first-order chi connectivity index (χ1) is 16.7. The molecule has 4 rings (SSSR count). The first kappa shape index (κ1) is 24.5. The van der Waals surface area contributed by atoms with Gasteiger partial charge in [0.25, 0.3) is 0 Å². The van der Waals surface area contributed by atoms with E-state index in [9.17, 15) is 18.0 Å². The smallest absolute Gasteiger partial charge is 0.351 e. The van der Waals surface area contributed by atoms with E-state index in [2.05, 4.69) is 20.5 Å². The van der Waals surface area contributed by atoms with Gasteiger partial charge in [0.2, 0.25) is 0 Å². The van der Waals surface area contributed by atoms with Gasteiger partial charge in [-0.15, -0.1) is 0 Å². The number of urea groups is 1. The number of hydrogen-bond donors (Lipinski definition) is 2. The number of nitrogens with zero attached hydrogens (tertiary/aromatic N) is 3. The van der Waals surface area contributed by atoms with Crippen molar-refractivity contribution in [2.75, 3.05) is 16.9 Å². The zero-order valence-corrected chi connectivity index (χ0v) is 19.7. The lowest BCUT2D eigenvalue weighted by atomic mass is 10.2. The monoisotopic (exact) mass is 499 g/mol. The van der Waals surface area contributed by atoms with Crippen LogP contribution in [-0.4, -0.2) is 28.1 Å². The number of benzene rings is 2. The Balaban J connectivity index is 1.32. The van der Waals surface area contributed by atoms with Gasteiger partial charge >= 0.3 is 11.5 Å². The third-order valence-electron chi connectivity index (χ3n) is 5.30. The van der Waals surface area contributed by atoms with Gasteiger partial charge in [0, 0.05) is 41.8 Å². The molecule has 0 fully saturated rings. The zero-order valence-electron chi connectivity index (χ0n) is 18.9. The fraction of sp³-hybridized carbons (Fsp3) is 0.200. The second-order valence-electron chi connectivity index (χ2n) is 7.96. The van der Waals surface area contributed by atoms with E-state index < -0.39 is 5.51 Å². The quantitative estimate of drug-likeness (QED) is 0.382. The minimum atomic E-state index is -4.30. The standard InChI is InChI=1S/C25H24F3N5OS/c1-18-15-33(21-7-9-22(10-8-21)35-25(26,27)28)17-32(18)16-20-11-12-29-23(13-20)31-24(34)30-14-19-5-3-2-4-6-19/h2-13,15H,14,16-17H2,1H3,(H2,29,30,31,34). The number of hydrogen-bond acceptors (Lipinski definition) is 5. The van der Waals surface area contributed by atoms with Gasteiger partial charge in [-0.3, -0.25) is 5.32 Å². The molecule has 0 spiro atoms. The molecule has 1 aliphatic heterocycles. The summed E-state index contributed by atoms with van der Waals surface area (Å²) in [5.74, 6) is 0.448. The lowest BCUT2D eigenvalue weighted by molar-refractivity contribution is -0.0328. The van der Waals surface area contributed by atoms with Crippen LogP contribution in [0.15, 0.2) is 89.7 Å². The molecule has 0 unspecified atom stereocenters. The van der Waals surface area contributed by atoms with Crippen LogP contribution in [0.5, 0.6) is 0 Å². The van der Waals surface area contributed by atoms with Crippen molar-refractivity contribution in [3.63, 3.8) is 0 Å². The van der Waals surface area contributed by atoms with Gasteiger partial charge in [0.05, 0.1) is 6.67 Å². The molecule has 0 saturated carbocycles. The summed E-state index contributed by atoms with van der Waals surface area (Å²) < 4.78 is 37.7. The molecular formula is C25H24F3N5OS. The Bertz CT molecular complexity index is 1190. The van der Waals surface area contributed by atoms with Gasteiger partial charge in [-0.05, 0) is 66.2 Å². The van der Waals surface area contributed by atoms with Crippen LogP contribution in [-0.2, 0) is 13.1 Å². The van der Waals surface area contributed by atoms with Crippen molar-refractivity contribution in [2.24, 2.45) is 0 Å². The summed E-state index contributed by atoms with van der Waals surface area (Å²) in [5, 5.41) is 5.57. The molecule has 0 radical (unpaired) electrons. The van der Waals surface area contributed by atoms with E-state index in [-0.39, 0.29) is 22.7 Å². The van der Waals surface area contributed by atoms with Crippen LogP contribution in [0.3, 0.4) is 0 Å². The van der Waals surface area contributed by atoms with Crippen molar-refractivity contribution in [1.82, 2.24) is 15.2 Å². The third-order valence-corrected chi connectivity index (χ3v) is 6.04. The molecule has 2 N–H and O–H groups in total. The lowest BCUT2D eigenvalue weighted by Crippen LogP contribution is -2.29. The van der Waals surface area contributed by atoms with Crippen molar-refractivity contribution < 1.29 is 18.0 Å². The van der Waals surface area contributed by atoms with Gasteiger partial charge in [-0.1, -0.05) is 30.3 Å². The van der Waals surface area contributed by atoms with Crippen LogP contribution in [0.2, 0.25) is 0 Å². The maximum Gasteiger partial charge on any atom is 0.446 e. The highest BCUT2D eigenvalue weighted by atomic mass is 32.2. The van der Waals surface area contributed by atoms with Crippen molar-refractivity contribution >= 4 is 29.3 Å². The number of alkyl halides is 3. The molecule has 1 aliphatic rings. The minimum Gasteiger partial charge on any atom is -0.351 e. The maximum absolute atomic E-state index is 12.6. The molecule has 35 heavy (non-hydrogen) atoms. The number of carbonyl (C=O) groups excluding carboxylic acids is 1. The Morgan fingerprint density at radius 2 is 1.80 bits per heavy atom. The molecule has 0 saturated heterocycles. The summed E-state index contributed by atoms with van der Waals surface area (Å²) in [4.78, 5) is 20.7. The SMILES string of the molecule is CC1=CN(c2ccc(SC(F)(F)F)cc2)CN1Cc1ccnc(NC(=O)NCc2ccccc2)c1. The Labute approximate surface area is 205 Å². The first-order valence-corrected chi connectivity index (χ1v) is 11.7. The van der Waals surface area contributed by atoms with Gasteiger partial charge in [0.1, 0.15) is 5.82 Å². The highest BCUT2D eigenvalue weighted by Crippen LogP contribution is 2.37. The summed E-state index contributed by atoms with van der Waals surface area (Å²) in [6.45, 7) is 3.53. The molecule has 1 aromatic heterocycles. The molecule has 2 heterocycles. The number of amides is 2. The number of carbonyl (C=O) groups is 1. The molecule has 0 atom stereocenters. The number of allylic oxidation sites excluding steroid dienone is 1. The summed E-state index contributed by atoms with van der Waals surface area (Å²) in [6.07, 6.45) is 3.61. The Kier molecular flexibility index (Phi) is 7.50. The number of nitrogens with one attached hydrogen (secondary N) is 2. The highest BCUT2D eigenvalue weighted by molar-refractivity contribution is 8.00. The van der Waals surface area contributed by atoms with Crippen molar-refractivity contribution in [3.05, 3.63) is 96.0 Å². The predicted molar refractivity (Wildman–Crippen MR) is 132 cm³/mol. The van der Waals surface area contributed by atoms with Crippen LogP contribution < -0.4 is 15.5 Å². The second kappa shape index (κ2) is 10.7. The Morgan fingerprint density at radius 3 is 2.51 bits per heavy atom. The average molecular weight is 500 g/mol. The minimum absolute atomic E-state index is 0.123. The van der Waals surface area contributed by atoms with Crippen LogP contribution >= 0.6 is 11.8 Å². The summed E-state index contributed by atoms with van der Waals surface area (Å²) in [5.41, 5.74) is -0.511. The number of rotatable bonds is 7. The van der Waals surface area contributed by atoms with Gasteiger partial charge in [0.15, 0.2) is 0 Å². The number of halogens is 3. The van der Waals surface area contributed by atoms with Gasteiger partial charge in [-0.25, -0.2) is 9.78 Å². The number of pyridine rings is 1. The van der Waals surface area contributed by atoms with E-state index in [1.54, 1.807) is 18.3 Å². The average Bonchev–Trinajstić information content (AvgIpc) is 3.18. The lowest BCUT2D eigenvalue weighted by Gasteiger charge is -2.23. The summed E-state index contributed by atoms with van der Waals surface area (Å²) in [6, 6.07) is 19.3. The van der Waals surface area contributed by atoms with E-state index in [4.69, 9.17) is 0 Å². The topological polar surface area (TPSA) is 60.5 Å². The summed E-state index contributed by atoms with van der Waals surface area (Å²) in [7, 11) is 0.